The second-order valence-electron chi connectivity index (χ2n) is 10.5. The summed E-state index contributed by atoms with van der Waals surface area (Å²) in [5.74, 6) is 0.698. The summed E-state index contributed by atoms with van der Waals surface area (Å²) >= 11 is 0. The highest BCUT2D eigenvalue weighted by molar-refractivity contribution is 7.90. The van der Waals surface area contributed by atoms with Gasteiger partial charge in [-0.3, -0.25) is 0 Å². The molecule has 2 unspecified atom stereocenters. The largest absolute Gasteiger partial charge is 0.490 e. The SMILES string of the molecule is COc1cc(-c2cc3c4c(ccc3n2S(=O)(=O)c2ccccc2)C(NC(=O)OC(C)(C)C)CO4)cc(C(C)O)n1. The Kier molecular flexibility index (Phi) is 6.97. The van der Waals surface area contributed by atoms with Crippen molar-refractivity contribution in [3.05, 3.63) is 71.9 Å². The number of aliphatic hydroxyl groups is 1. The molecule has 2 atom stereocenters. The second-order valence-corrected chi connectivity index (χ2v) is 12.3. The van der Waals surface area contributed by atoms with Gasteiger partial charge in [0.1, 0.15) is 18.0 Å². The van der Waals surface area contributed by atoms with Crippen molar-refractivity contribution in [1.82, 2.24) is 14.3 Å². The topological polar surface area (TPSA) is 129 Å². The highest BCUT2D eigenvalue weighted by atomic mass is 32.2. The zero-order valence-electron chi connectivity index (χ0n) is 22.8. The number of aromatic nitrogens is 2. The van der Waals surface area contributed by atoms with Gasteiger partial charge in [-0.2, -0.15) is 0 Å². The van der Waals surface area contributed by atoms with Gasteiger partial charge < -0.3 is 24.6 Å². The van der Waals surface area contributed by atoms with Crippen LogP contribution >= 0.6 is 0 Å². The molecule has 0 bridgehead atoms. The predicted molar refractivity (Wildman–Crippen MR) is 149 cm³/mol. The van der Waals surface area contributed by atoms with Crippen LogP contribution in [0.25, 0.3) is 22.2 Å². The average Bonchev–Trinajstić information content (AvgIpc) is 3.49. The Bertz CT molecular complexity index is 1690. The van der Waals surface area contributed by atoms with Crippen LogP contribution < -0.4 is 14.8 Å². The number of fused-ring (bicyclic) bond motifs is 3. The molecule has 1 aliphatic rings. The van der Waals surface area contributed by atoms with E-state index in [1.54, 1.807) is 76.2 Å². The molecule has 0 saturated carbocycles. The highest BCUT2D eigenvalue weighted by Gasteiger charge is 2.33. The van der Waals surface area contributed by atoms with Crippen molar-refractivity contribution in [2.24, 2.45) is 0 Å². The van der Waals surface area contributed by atoms with E-state index in [0.717, 1.165) is 0 Å². The van der Waals surface area contributed by atoms with E-state index in [1.165, 1.54) is 23.2 Å². The monoisotopic (exact) mass is 565 g/mol. The first-order valence-corrected chi connectivity index (χ1v) is 14.2. The number of benzene rings is 2. The van der Waals surface area contributed by atoms with E-state index in [2.05, 4.69) is 10.3 Å². The smallest absolute Gasteiger partial charge is 0.408 e. The summed E-state index contributed by atoms with van der Waals surface area (Å²) in [4.78, 5) is 16.9. The molecule has 0 spiro atoms. The van der Waals surface area contributed by atoms with Crippen molar-refractivity contribution < 1.29 is 32.5 Å². The minimum absolute atomic E-state index is 0.108. The molecule has 2 aromatic carbocycles. The number of hydrogen-bond donors (Lipinski definition) is 2. The molecule has 2 aromatic heterocycles. The molecule has 210 valence electrons. The van der Waals surface area contributed by atoms with Crippen LogP contribution in [0.3, 0.4) is 0 Å². The van der Waals surface area contributed by atoms with Gasteiger partial charge in [-0.1, -0.05) is 24.3 Å². The van der Waals surface area contributed by atoms with Crippen LogP contribution in [0, 0.1) is 0 Å². The number of rotatable bonds is 6. The number of nitrogens with zero attached hydrogens (tertiary/aromatic N) is 2. The van der Waals surface area contributed by atoms with Crippen molar-refractivity contribution in [2.75, 3.05) is 13.7 Å². The van der Waals surface area contributed by atoms with Crippen molar-refractivity contribution in [3.63, 3.8) is 0 Å². The number of amides is 1. The number of methoxy groups -OCH3 is 1. The van der Waals surface area contributed by atoms with Crippen molar-refractivity contribution >= 4 is 27.0 Å². The third kappa shape index (κ3) is 5.09. The van der Waals surface area contributed by atoms with E-state index in [9.17, 15) is 18.3 Å². The molecular formula is C29H31N3O7S. The summed E-state index contributed by atoms with van der Waals surface area (Å²) in [6.07, 6.45) is -1.49. The van der Waals surface area contributed by atoms with Gasteiger partial charge in [-0.15, -0.1) is 0 Å². The molecule has 0 fully saturated rings. The predicted octanol–water partition coefficient (Wildman–Crippen LogP) is 4.96. The second kappa shape index (κ2) is 10.1. The molecule has 0 radical (unpaired) electrons. The molecule has 5 rings (SSSR count). The molecule has 2 N–H and O–H groups in total. The first-order chi connectivity index (χ1) is 18.9. The maximum Gasteiger partial charge on any atom is 0.408 e. The number of nitrogens with one attached hydrogen (secondary N) is 1. The number of aliphatic hydroxyl groups excluding tert-OH is 1. The van der Waals surface area contributed by atoms with E-state index < -0.39 is 33.9 Å². The van der Waals surface area contributed by atoms with Gasteiger partial charge >= 0.3 is 6.09 Å². The third-order valence-corrected chi connectivity index (χ3v) is 8.16. The minimum atomic E-state index is -4.08. The standard InChI is InChI=1S/C29H31N3O7S/c1-17(33)22-13-18(14-26(30-22)37-5)25-15-21-24(32(25)40(35,36)19-9-7-6-8-10-19)12-11-20-23(16-38-27(20)21)31-28(34)39-29(2,3)4/h6-15,17,23,33H,16H2,1-5H3,(H,31,34). The van der Waals surface area contributed by atoms with Crippen LogP contribution in [0.1, 0.15) is 51.1 Å². The van der Waals surface area contributed by atoms with Crippen molar-refractivity contribution in [2.45, 2.75) is 50.3 Å². The summed E-state index contributed by atoms with van der Waals surface area (Å²) in [6.45, 7) is 7.08. The van der Waals surface area contributed by atoms with Crippen LogP contribution in [0.2, 0.25) is 0 Å². The van der Waals surface area contributed by atoms with Crippen molar-refractivity contribution in [3.8, 4) is 22.9 Å². The average molecular weight is 566 g/mol. The first-order valence-electron chi connectivity index (χ1n) is 12.7. The van der Waals surface area contributed by atoms with E-state index in [4.69, 9.17) is 14.2 Å². The van der Waals surface area contributed by atoms with Gasteiger partial charge in [0.05, 0.1) is 41.1 Å². The van der Waals surface area contributed by atoms with E-state index in [0.29, 0.717) is 39.2 Å². The Balaban J connectivity index is 1.71. The lowest BCUT2D eigenvalue weighted by molar-refractivity contribution is 0.0497. The Labute approximate surface area is 232 Å². The normalized spacial score (nSPS) is 15.8. The number of carbonyl (C=O) groups excluding carboxylic acids is 1. The summed E-state index contributed by atoms with van der Waals surface area (Å²) < 4.78 is 46.2. The van der Waals surface area contributed by atoms with Gasteiger partial charge in [0.2, 0.25) is 5.88 Å². The Morgan fingerprint density at radius 2 is 1.88 bits per heavy atom. The quantitative estimate of drug-likeness (QED) is 0.336. The maximum absolute atomic E-state index is 14.1. The Morgan fingerprint density at radius 1 is 1.15 bits per heavy atom. The summed E-state index contributed by atoms with van der Waals surface area (Å²) in [7, 11) is -2.63. The summed E-state index contributed by atoms with van der Waals surface area (Å²) in [5, 5.41) is 13.6. The molecule has 10 nitrogen and oxygen atoms in total. The molecule has 1 amide bonds. The number of hydrogen-bond acceptors (Lipinski definition) is 8. The highest BCUT2D eigenvalue weighted by Crippen LogP contribution is 2.43. The fraction of sp³-hybridized carbons (Fsp3) is 0.310. The molecule has 3 heterocycles. The van der Waals surface area contributed by atoms with Gasteiger partial charge in [0, 0.05) is 22.6 Å². The van der Waals surface area contributed by atoms with Gasteiger partial charge in [-0.05, 0) is 58.0 Å². The van der Waals surface area contributed by atoms with Gasteiger partial charge in [0.25, 0.3) is 10.0 Å². The molecule has 0 aliphatic carbocycles. The van der Waals surface area contributed by atoms with Gasteiger partial charge in [-0.25, -0.2) is 22.2 Å². The Hall–Kier alpha value is -4.09. The number of pyridine rings is 1. The number of ether oxygens (including phenoxy) is 3. The summed E-state index contributed by atoms with van der Waals surface area (Å²) in [5.41, 5.74) is 1.58. The number of alkyl carbamates (subject to hydrolysis) is 1. The molecule has 4 aromatic rings. The Morgan fingerprint density at radius 3 is 2.52 bits per heavy atom. The number of carbonyl (C=O) groups is 1. The summed E-state index contributed by atoms with van der Waals surface area (Å²) in [6, 6.07) is 16.1. The molecule has 1 aliphatic heterocycles. The molecule has 40 heavy (non-hydrogen) atoms. The third-order valence-electron chi connectivity index (χ3n) is 6.42. The van der Waals surface area contributed by atoms with Crippen LogP contribution in [0.15, 0.2) is 65.6 Å². The van der Waals surface area contributed by atoms with E-state index in [1.807, 2.05) is 0 Å². The lowest BCUT2D eigenvalue weighted by atomic mass is 10.1. The fourth-order valence-corrected chi connectivity index (χ4v) is 6.21. The minimum Gasteiger partial charge on any atom is -0.490 e. The maximum atomic E-state index is 14.1. The zero-order chi connectivity index (χ0) is 28.8. The van der Waals surface area contributed by atoms with Crippen LogP contribution in [-0.4, -0.2) is 47.9 Å². The van der Waals surface area contributed by atoms with E-state index in [-0.39, 0.29) is 17.4 Å². The fourth-order valence-electron chi connectivity index (χ4n) is 4.66. The van der Waals surface area contributed by atoms with Crippen LogP contribution in [-0.2, 0) is 14.8 Å². The molecular weight excluding hydrogens is 534 g/mol. The lowest BCUT2D eigenvalue weighted by Gasteiger charge is -2.21. The molecule has 11 heteroatoms. The van der Waals surface area contributed by atoms with E-state index >= 15 is 0 Å². The van der Waals surface area contributed by atoms with Gasteiger partial charge in [0.15, 0.2) is 0 Å². The van der Waals surface area contributed by atoms with Crippen LogP contribution in [0.5, 0.6) is 11.6 Å². The van der Waals surface area contributed by atoms with Crippen molar-refractivity contribution in [1.29, 1.82) is 0 Å². The van der Waals surface area contributed by atoms with Crippen LogP contribution in [0.4, 0.5) is 4.79 Å². The zero-order valence-corrected chi connectivity index (χ0v) is 23.7. The molecule has 0 saturated heterocycles. The first kappa shape index (κ1) is 27.5. The lowest BCUT2D eigenvalue weighted by Crippen LogP contribution is -2.35.